The van der Waals surface area contributed by atoms with Gasteiger partial charge in [-0.3, -0.25) is 4.79 Å². The number of benzene rings is 1. The first-order valence-corrected chi connectivity index (χ1v) is 5.69. The lowest BCUT2D eigenvalue weighted by molar-refractivity contribution is 0.0955. The molecule has 0 radical (unpaired) electrons. The number of carbonyl (C=O) groups is 1. The summed E-state index contributed by atoms with van der Waals surface area (Å²) in [6.07, 6.45) is 1.33. The highest BCUT2D eigenvalue weighted by atomic mass is 19.1. The van der Waals surface area contributed by atoms with Gasteiger partial charge < -0.3 is 5.32 Å². The number of rotatable bonds is 3. The number of hydrogen-bond donors (Lipinski definition) is 1. The summed E-state index contributed by atoms with van der Waals surface area (Å²) in [5.41, 5.74) is 0.847. The third-order valence-electron chi connectivity index (χ3n) is 2.53. The minimum absolute atomic E-state index is 0.123. The molecule has 19 heavy (non-hydrogen) atoms. The van der Waals surface area contributed by atoms with Crippen molar-refractivity contribution in [2.75, 3.05) is 6.54 Å². The molecule has 96 valence electrons. The molecule has 0 atom stereocenters. The Labute approximate surface area is 109 Å². The van der Waals surface area contributed by atoms with Crippen molar-refractivity contribution in [1.29, 1.82) is 5.26 Å². The Morgan fingerprint density at radius 3 is 2.74 bits per heavy atom. The minimum Gasteiger partial charge on any atom is -0.352 e. The maximum Gasteiger partial charge on any atom is 0.255 e. The summed E-state index contributed by atoms with van der Waals surface area (Å²) < 4.78 is 14.2. The van der Waals surface area contributed by atoms with E-state index in [0.29, 0.717) is 12.2 Å². The number of carbonyl (C=O) groups excluding carboxylic acids is 1. The van der Waals surface area contributed by atoms with Crippen LogP contribution in [0.4, 0.5) is 4.39 Å². The zero-order chi connectivity index (χ0) is 13.8. The Balaban J connectivity index is 2.46. The highest BCUT2D eigenvalue weighted by molar-refractivity contribution is 5.96. The first-order valence-electron chi connectivity index (χ1n) is 5.69. The van der Waals surface area contributed by atoms with Crippen LogP contribution in [0.2, 0.25) is 0 Å². The molecule has 0 aliphatic carbocycles. The van der Waals surface area contributed by atoms with Crippen molar-refractivity contribution in [3.63, 3.8) is 0 Å². The maximum atomic E-state index is 12.9. The molecule has 0 aliphatic heterocycles. The van der Waals surface area contributed by atoms with Gasteiger partial charge in [0.2, 0.25) is 0 Å². The molecule has 1 aromatic carbocycles. The first-order chi connectivity index (χ1) is 9.17. The largest absolute Gasteiger partial charge is 0.352 e. The average molecular weight is 258 g/mol. The van der Waals surface area contributed by atoms with Crippen LogP contribution in [0.3, 0.4) is 0 Å². The smallest absolute Gasteiger partial charge is 0.255 e. The SMILES string of the molecule is CCNC(=O)c1cnn(-c2ccc(F)cc2)c1C#N. The lowest BCUT2D eigenvalue weighted by Crippen LogP contribution is -2.23. The van der Waals surface area contributed by atoms with Crippen molar-refractivity contribution >= 4 is 5.91 Å². The monoisotopic (exact) mass is 258 g/mol. The molecule has 1 amide bonds. The van der Waals surface area contributed by atoms with Crippen molar-refractivity contribution < 1.29 is 9.18 Å². The van der Waals surface area contributed by atoms with E-state index < -0.39 is 0 Å². The van der Waals surface area contributed by atoms with Crippen LogP contribution in [-0.2, 0) is 0 Å². The van der Waals surface area contributed by atoms with Gasteiger partial charge in [0.25, 0.3) is 5.91 Å². The van der Waals surface area contributed by atoms with Crippen LogP contribution >= 0.6 is 0 Å². The van der Waals surface area contributed by atoms with Gasteiger partial charge in [-0.05, 0) is 31.2 Å². The van der Waals surface area contributed by atoms with Gasteiger partial charge in [-0.1, -0.05) is 0 Å². The van der Waals surface area contributed by atoms with E-state index in [1.165, 1.54) is 35.1 Å². The fourth-order valence-electron chi connectivity index (χ4n) is 1.66. The minimum atomic E-state index is -0.377. The number of aromatic nitrogens is 2. The van der Waals surface area contributed by atoms with E-state index in [9.17, 15) is 9.18 Å². The predicted octanol–water partition coefficient (Wildman–Crippen LogP) is 1.63. The predicted molar refractivity (Wildman–Crippen MR) is 66.2 cm³/mol. The van der Waals surface area contributed by atoms with Crippen molar-refractivity contribution in [3.05, 3.63) is 47.5 Å². The molecule has 0 saturated carbocycles. The normalized spacial score (nSPS) is 9.95. The van der Waals surface area contributed by atoms with Crippen LogP contribution in [0.25, 0.3) is 5.69 Å². The number of halogens is 1. The second kappa shape index (κ2) is 5.31. The fourth-order valence-corrected chi connectivity index (χ4v) is 1.66. The summed E-state index contributed by atoms with van der Waals surface area (Å²) >= 11 is 0. The van der Waals surface area contributed by atoms with E-state index in [1.807, 2.05) is 6.07 Å². The van der Waals surface area contributed by atoms with Gasteiger partial charge in [0.15, 0.2) is 5.69 Å². The highest BCUT2D eigenvalue weighted by Crippen LogP contribution is 2.14. The highest BCUT2D eigenvalue weighted by Gasteiger charge is 2.17. The zero-order valence-corrected chi connectivity index (χ0v) is 10.2. The van der Waals surface area contributed by atoms with E-state index in [-0.39, 0.29) is 23.0 Å². The van der Waals surface area contributed by atoms with E-state index in [4.69, 9.17) is 5.26 Å². The van der Waals surface area contributed by atoms with Gasteiger partial charge in [-0.25, -0.2) is 9.07 Å². The molecular formula is C13H11FN4O. The van der Waals surface area contributed by atoms with Crippen LogP contribution in [0.15, 0.2) is 30.5 Å². The molecule has 1 heterocycles. The molecular weight excluding hydrogens is 247 g/mol. The van der Waals surface area contributed by atoms with E-state index in [2.05, 4.69) is 10.4 Å². The molecule has 6 heteroatoms. The summed E-state index contributed by atoms with van der Waals surface area (Å²) in [5.74, 6) is -0.731. The van der Waals surface area contributed by atoms with Crippen molar-refractivity contribution in [2.45, 2.75) is 6.92 Å². The summed E-state index contributed by atoms with van der Waals surface area (Å²) in [7, 11) is 0. The zero-order valence-electron chi connectivity index (χ0n) is 10.2. The quantitative estimate of drug-likeness (QED) is 0.909. The Bertz CT molecular complexity index is 640. The number of nitriles is 1. The summed E-state index contributed by atoms with van der Waals surface area (Å²) in [6, 6.07) is 7.46. The van der Waals surface area contributed by atoms with Crippen LogP contribution in [0, 0.1) is 17.1 Å². The molecule has 5 nitrogen and oxygen atoms in total. The molecule has 0 spiro atoms. The number of amides is 1. The Morgan fingerprint density at radius 1 is 1.47 bits per heavy atom. The Hall–Kier alpha value is -2.68. The third kappa shape index (κ3) is 2.45. The number of nitrogens with zero attached hydrogens (tertiary/aromatic N) is 3. The molecule has 0 unspecified atom stereocenters. The van der Waals surface area contributed by atoms with Gasteiger partial charge in [-0.2, -0.15) is 10.4 Å². The third-order valence-corrected chi connectivity index (χ3v) is 2.53. The van der Waals surface area contributed by atoms with Crippen LogP contribution in [0.1, 0.15) is 23.0 Å². The second-order valence-electron chi connectivity index (χ2n) is 3.77. The maximum absolute atomic E-state index is 12.9. The molecule has 0 saturated heterocycles. The standard InChI is InChI=1S/C13H11FN4O/c1-2-16-13(19)11-8-17-18(12(11)7-15)10-5-3-9(14)4-6-10/h3-6,8H,2H2,1H3,(H,16,19). The van der Waals surface area contributed by atoms with Crippen LogP contribution < -0.4 is 5.32 Å². The molecule has 0 fully saturated rings. The van der Waals surface area contributed by atoms with Gasteiger partial charge in [0.1, 0.15) is 11.9 Å². The molecule has 0 bridgehead atoms. The molecule has 2 aromatic rings. The summed E-state index contributed by atoms with van der Waals surface area (Å²) in [5, 5.41) is 15.8. The molecule has 0 aliphatic rings. The summed E-state index contributed by atoms with van der Waals surface area (Å²) in [6.45, 7) is 2.25. The fraction of sp³-hybridized carbons (Fsp3) is 0.154. The second-order valence-corrected chi connectivity index (χ2v) is 3.77. The van der Waals surface area contributed by atoms with Crippen molar-refractivity contribution in [3.8, 4) is 11.8 Å². The van der Waals surface area contributed by atoms with E-state index in [0.717, 1.165) is 0 Å². The molecule has 1 aromatic heterocycles. The Morgan fingerprint density at radius 2 is 2.16 bits per heavy atom. The molecule has 1 N–H and O–H groups in total. The van der Waals surface area contributed by atoms with Crippen molar-refractivity contribution in [2.24, 2.45) is 0 Å². The van der Waals surface area contributed by atoms with Gasteiger partial charge >= 0.3 is 0 Å². The van der Waals surface area contributed by atoms with E-state index in [1.54, 1.807) is 6.92 Å². The lowest BCUT2D eigenvalue weighted by Gasteiger charge is -2.03. The average Bonchev–Trinajstić information content (AvgIpc) is 2.83. The van der Waals surface area contributed by atoms with Gasteiger partial charge in [0.05, 0.1) is 17.4 Å². The first kappa shape index (κ1) is 12.8. The topological polar surface area (TPSA) is 70.7 Å². The van der Waals surface area contributed by atoms with Gasteiger partial charge in [-0.15, -0.1) is 0 Å². The Kier molecular flexibility index (Phi) is 3.57. The van der Waals surface area contributed by atoms with Crippen molar-refractivity contribution in [1.82, 2.24) is 15.1 Å². The number of nitrogens with one attached hydrogen (secondary N) is 1. The number of hydrogen-bond acceptors (Lipinski definition) is 3. The van der Waals surface area contributed by atoms with Gasteiger partial charge in [0, 0.05) is 6.54 Å². The van der Waals surface area contributed by atoms with Crippen LogP contribution in [-0.4, -0.2) is 22.2 Å². The van der Waals surface area contributed by atoms with E-state index >= 15 is 0 Å². The lowest BCUT2D eigenvalue weighted by atomic mass is 10.2. The van der Waals surface area contributed by atoms with Crippen LogP contribution in [0.5, 0.6) is 0 Å². The summed E-state index contributed by atoms with van der Waals surface area (Å²) in [4.78, 5) is 11.7. The molecule has 2 rings (SSSR count).